The van der Waals surface area contributed by atoms with Crippen molar-refractivity contribution in [2.45, 2.75) is 6.92 Å². The zero-order valence-electron chi connectivity index (χ0n) is 14.2. The monoisotopic (exact) mass is 355 g/mol. The molecule has 0 bridgehead atoms. The summed E-state index contributed by atoms with van der Waals surface area (Å²) >= 11 is 6.11. The molecule has 1 aliphatic heterocycles. The molecule has 1 aliphatic rings. The molecule has 3 rings (SSSR count). The molecule has 1 saturated heterocycles. The highest BCUT2D eigenvalue weighted by molar-refractivity contribution is 6.33. The molecule has 0 aliphatic carbocycles. The molecule has 1 fully saturated rings. The maximum atomic E-state index is 12.6. The minimum atomic E-state index is -0.432. The molecule has 0 atom stereocenters. The summed E-state index contributed by atoms with van der Waals surface area (Å²) in [4.78, 5) is 26.8. The molecule has 1 N–H and O–H groups in total. The minimum Gasteiger partial charge on any atom is -0.378 e. The molecule has 128 valence electrons. The second kappa shape index (κ2) is 6.61. The van der Waals surface area contributed by atoms with Crippen LogP contribution in [0.5, 0.6) is 0 Å². The van der Waals surface area contributed by atoms with Gasteiger partial charge in [0.15, 0.2) is 0 Å². The molecule has 0 unspecified atom stereocenters. The number of carbonyl (C=O) groups excluding carboxylic acids is 2. The number of nitrogens with one attached hydrogen (secondary N) is 1. The van der Waals surface area contributed by atoms with Crippen LogP contribution in [0.15, 0.2) is 48.0 Å². The summed E-state index contributed by atoms with van der Waals surface area (Å²) in [5.41, 5.74) is 5.93. The molecule has 5 nitrogen and oxygen atoms in total. The SMILES string of the molecule is Cc1ccc(N2NC(=O)/C(=C\c3ccc(N(C)C)cc3)C2=O)cc1Cl. The van der Waals surface area contributed by atoms with Gasteiger partial charge in [-0.2, -0.15) is 0 Å². The van der Waals surface area contributed by atoms with Crippen LogP contribution in [0.2, 0.25) is 5.02 Å². The number of nitrogens with zero attached hydrogens (tertiary/aromatic N) is 2. The van der Waals surface area contributed by atoms with E-state index in [9.17, 15) is 9.59 Å². The normalized spacial score (nSPS) is 15.7. The zero-order chi connectivity index (χ0) is 18.1. The zero-order valence-corrected chi connectivity index (χ0v) is 15.0. The molecular weight excluding hydrogens is 338 g/mol. The fourth-order valence-electron chi connectivity index (χ4n) is 2.50. The molecule has 0 radical (unpaired) electrons. The lowest BCUT2D eigenvalue weighted by molar-refractivity contribution is -0.117. The van der Waals surface area contributed by atoms with Gasteiger partial charge in [-0.3, -0.25) is 15.0 Å². The number of amides is 2. The van der Waals surface area contributed by atoms with Gasteiger partial charge in [0.1, 0.15) is 5.57 Å². The van der Waals surface area contributed by atoms with Crippen LogP contribution in [-0.2, 0) is 9.59 Å². The number of halogens is 1. The third-order valence-corrected chi connectivity index (χ3v) is 4.43. The number of carbonyl (C=O) groups is 2. The van der Waals surface area contributed by atoms with Gasteiger partial charge in [0.05, 0.1) is 5.69 Å². The van der Waals surface area contributed by atoms with Crippen LogP contribution in [0.3, 0.4) is 0 Å². The minimum absolute atomic E-state index is 0.0919. The number of anilines is 2. The van der Waals surface area contributed by atoms with E-state index >= 15 is 0 Å². The molecule has 25 heavy (non-hydrogen) atoms. The highest BCUT2D eigenvalue weighted by Gasteiger charge is 2.34. The van der Waals surface area contributed by atoms with E-state index in [4.69, 9.17) is 11.6 Å². The molecule has 6 heteroatoms. The van der Waals surface area contributed by atoms with Crippen LogP contribution >= 0.6 is 11.6 Å². The first-order valence-corrected chi connectivity index (χ1v) is 8.15. The van der Waals surface area contributed by atoms with Gasteiger partial charge in [-0.1, -0.05) is 29.8 Å². The summed E-state index contributed by atoms with van der Waals surface area (Å²) in [5.74, 6) is -0.833. The molecule has 0 aromatic heterocycles. The van der Waals surface area contributed by atoms with Crippen molar-refractivity contribution in [3.63, 3.8) is 0 Å². The van der Waals surface area contributed by atoms with Crippen molar-refractivity contribution in [2.75, 3.05) is 24.0 Å². The van der Waals surface area contributed by atoms with Crippen molar-refractivity contribution >= 4 is 40.9 Å². The predicted molar refractivity (Wildman–Crippen MR) is 101 cm³/mol. The van der Waals surface area contributed by atoms with E-state index in [1.165, 1.54) is 5.01 Å². The van der Waals surface area contributed by atoms with E-state index in [1.807, 2.05) is 50.2 Å². The van der Waals surface area contributed by atoms with Crippen LogP contribution < -0.4 is 15.3 Å². The van der Waals surface area contributed by atoms with Crippen LogP contribution in [-0.4, -0.2) is 25.9 Å². The van der Waals surface area contributed by atoms with E-state index in [0.29, 0.717) is 10.7 Å². The number of benzene rings is 2. The van der Waals surface area contributed by atoms with E-state index in [1.54, 1.807) is 24.3 Å². The van der Waals surface area contributed by atoms with E-state index in [-0.39, 0.29) is 5.57 Å². The van der Waals surface area contributed by atoms with Gasteiger partial charge in [-0.25, -0.2) is 5.01 Å². The van der Waals surface area contributed by atoms with E-state index < -0.39 is 11.8 Å². The number of hydrogen-bond acceptors (Lipinski definition) is 3. The topological polar surface area (TPSA) is 52.7 Å². The molecular formula is C19H18ClN3O2. The maximum Gasteiger partial charge on any atom is 0.282 e. The Bertz CT molecular complexity index is 873. The Morgan fingerprint density at radius 2 is 1.76 bits per heavy atom. The summed E-state index contributed by atoms with van der Waals surface area (Å²) in [7, 11) is 3.90. The van der Waals surface area contributed by atoms with Crippen LogP contribution in [0.4, 0.5) is 11.4 Å². The van der Waals surface area contributed by atoms with Crippen LogP contribution in [0.25, 0.3) is 6.08 Å². The van der Waals surface area contributed by atoms with Crippen molar-refractivity contribution in [3.05, 3.63) is 64.2 Å². The van der Waals surface area contributed by atoms with Crippen molar-refractivity contribution in [2.24, 2.45) is 0 Å². The van der Waals surface area contributed by atoms with Gasteiger partial charge in [-0.05, 0) is 48.4 Å². The van der Waals surface area contributed by atoms with Crippen LogP contribution in [0, 0.1) is 6.92 Å². The highest BCUT2D eigenvalue weighted by Crippen LogP contribution is 2.26. The van der Waals surface area contributed by atoms with Crippen molar-refractivity contribution in [1.29, 1.82) is 0 Å². The maximum absolute atomic E-state index is 12.6. The third-order valence-electron chi connectivity index (χ3n) is 4.03. The first-order chi connectivity index (χ1) is 11.9. The van der Waals surface area contributed by atoms with E-state index in [2.05, 4.69) is 5.43 Å². The van der Waals surface area contributed by atoms with Crippen molar-refractivity contribution in [1.82, 2.24) is 5.43 Å². The lowest BCUT2D eigenvalue weighted by atomic mass is 10.1. The Labute approximate surface area is 151 Å². The summed E-state index contributed by atoms with van der Waals surface area (Å²) in [6.45, 7) is 1.87. The molecule has 0 saturated carbocycles. The number of aryl methyl sites for hydroxylation is 1. The van der Waals surface area contributed by atoms with Gasteiger partial charge < -0.3 is 4.90 Å². The third kappa shape index (κ3) is 3.37. The Balaban J connectivity index is 1.89. The van der Waals surface area contributed by atoms with Crippen molar-refractivity contribution in [3.8, 4) is 0 Å². The first-order valence-electron chi connectivity index (χ1n) is 7.77. The second-order valence-electron chi connectivity index (χ2n) is 6.06. The highest BCUT2D eigenvalue weighted by atomic mass is 35.5. The van der Waals surface area contributed by atoms with Crippen LogP contribution in [0.1, 0.15) is 11.1 Å². The largest absolute Gasteiger partial charge is 0.378 e. The molecule has 2 aromatic carbocycles. The standard InChI is InChI=1S/C19H18ClN3O2/c1-12-4-7-15(11-17(12)20)23-19(25)16(18(24)21-23)10-13-5-8-14(9-6-13)22(2)3/h4-11H,1-3H3,(H,21,24)/b16-10+. The van der Waals surface area contributed by atoms with Gasteiger partial charge >= 0.3 is 0 Å². The fraction of sp³-hybridized carbons (Fsp3) is 0.158. The second-order valence-corrected chi connectivity index (χ2v) is 6.47. The summed E-state index contributed by atoms with van der Waals surface area (Å²) in [6.07, 6.45) is 1.59. The lowest BCUT2D eigenvalue weighted by Gasteiger charge is -2.15. The Morgan fingerprint density at radius 1 is 1.08 bits per heavy atom. The molecule has 2 amide bonds. The Kier molecular flexibility index (Phi) is 4.51. The quantitative estimate of drug-likeness (QED) is 0.679. The number of hydrogen-bond donors (Lipinski definition) is 1. The average Bonchev–Trinajstić information content (AvgIpc) is 2.86. The van der Waals surface area contributed by atoms with Gasteiger partial charge in [0.25, 0.3) is 11.8 Å². The predicted octanol–water partition coefficient (Wildman–Crippen LogP) is 3.18. The fourth-order valence-corrected chi connectivity index (χ4v) is 2.67. The first kappa shape index (κ1) is 17.0. The molecule has 2 aromatic rings. The molecule has 1 heterocycles. The summed E-state index contributed by atoms with van der Waals surface area (Å²) in [5, 5.41) is 1.75. The number of hydrazine groups is 1. The van der Waals surface area contributed by atoms with Gasteiger partial charge in [0, 0.05) is 24.8 Å². The van der Waals surface area contributed by atoms with Gasteiger partial charge in [-0.15, -0.1) is 0 Å². The summed E-state index contributed by atoms with van der Waals surface area (Å²) in [6, 6.07) is 12.8. The van der Waals surface area contributed by atoms with Gasteiger partial charge in [0.2, 0.25) is 0 Å². The van der Waals surface area contributed by atoms with Crippen molar-refractivity contribution < 1.29 is 9.59 Å². The Hall–Kier alpha value is -2.79. The Morgan fingerprint density at radius 3 is 2.36 bits per heavy atom. The van der Waals surface area contributed by atoms with E-state index in [0.717, 1.165) is 16.8 Å². The number of rotatable bonds is 3. The summed E-state index contributed by atoms with van der Waals surface area (Å²) < 4.78 is 0. The average molecular weight is 356 g/mol. The lowest BCUT2D eigenvalue weighted by Crippen LogP contribution is -2.35. The molecule has 0 spiro atoms. The smallest absolute Gasteiger partial charge is 0.282 e.